The number of fused-ring (bicyclic) bond motifs is 1. The van der Waals surface area contributed by atoms with E-state index in [1.807, 2.05) is 60.7 Å². The average Bonchev–Trinajstić information content (AvgIpc) is 3.30. The van der Waals surface area contributed by atoms with Crippen LogP contribution in [0.15, 0.2) is 82.5 Å². The Hall–Kier alpha value is -4.79. The van der Waals surface area contributed by atoms with Crippen LogP contribution in [0.2, 0.25) is 0 Å². The molecule has 3 aromatic carbocycles. The lowest BCUT2D eigenvalue weighted by Gasteiger charge is -2.16. The van der Waals surface area contributed by atoms with E-state index in [1.165, 1.54) is 6.07 Å². The van der Waals surface area contributed by atoms with Gasteiger partial charge >= 0.3 is 11.1 Å². The summed E-state index contributed by atoms with van der Waals surface area (Å²) in [5.74, 6) is 0.429. The Morgan fingerprint density at radius 1 is 0.882 bits per heavy atom. The highest BCUT2D eigenvalue weighted by atomic mass is 16.6. The molecule has 0 atom stereocenters. The van der Waals surface area contributed by atoms with Gasteiger partial charge in [-0.1, -0.05) is 60.7 Å². The minimum absolute atomic E-state index is 0.163. The van der Waals surface area contributed by atoms with Gasteiger partial charge in [-0.2, -0.15) is 0 Å². The molecule has 9 nitrogen and oxygen atoms in total. The largest absolute Gasteiger partial charge is 0.341 e. The number of benzene rings is 3. The van der Waals surface area contributed by atoms with Crippen molar-refractivity contribution in [1.82, 2.24) is 19.9 Å². The van der Waals surface area contributed by atoms with Crippen LogP contribution in [0, 0.1) is 17.0 Å². The van der Waals surface area contributed by atoms with E-state index in [0.717, 1.165) is 11.1 Å². The molecule has 3 N–H and O–H groups in total. The zero-order valence-corrected chi connectivity index (χ0v) is 18.0. The van der Waals surface area contributed by atoms with Gasteiger partial charge in [0, 0.05) is 17.2 Å². The van der Waals surface area contributed by atoms with Crippen molar-refractivity contribution in [3.63, 3.8) is 0 Å². The molecule has 34 heavy (non-hydrogen) atoms. The van der Waals surface area contributed by atoms with Crippen LogP contribution in [0.25, 0.3) is 22.3 Å². The molecule has 0 fully saturated rings. The molecule has 0 aliphatic carbocycles. The average molecular weight is 453 g/mol. The summed E-state index contributed by atoms with van der Waals surface area (Å²) in [5, 5.41) is 11.7. The second-order valence-corrected chi connectivity index (χ2v) is 7.92. The van der Waals surface area contributed by atoms with Gasteiger partial charge in [-0.15, -0.1) is 0 Å². The number of H-pyrrole nitrogens is 3. The predicted molar refractivity (Wildman–Crippen MR) is 128 cm³/mol. The summed E-state index contributed by atoms with van der Waals surface area (Å²) in [6.07, 6.45) is 1.59. The van der Waals surface area contributed by atoms with E-state index < -0.39 is 16.0 Å². The number of hydrogen-bond acceptors (Lipinski definition) is 5. The van der Waals surface area contributed by atoms with E-state index in [1.54, 1.807) is 13.1 Å². The van der Waals surface area contributed by atoms with Crippen LogP contribution in [0.1, 0.15) is 28.4 Å². The SMILES string of the molecule is Cc1c([N+](=O)[O-])cc2[nH]c(=O)c(=O)[nH]c2c1-c1cnc(C(c2ccccc2)c2ccccc2)[nH]1. The summed E-state index contributed by atoms with van der Waals surface area (Å²) in [6, 6.07) is 21.0. The number of rotatable bonds is 5. The van der Waals surface area contributed by atoms with Gasteiger partial charge in [-0.05, 0) is 18.1 Å². The van der Waals surface area contributed by atoms with E-state index in [9.17, 15) is 19.7 Å². The maximum absolute atomic E-state index is 12.1. The molecule has 0 spiro atoms. The zero-order chi connectivity index (χ0) is 23.8. The molecule has 0 saturated heterocycles. The second-order valence-electron chi connectivity index (χ2n) is 7.92. The van der Waals surface area contributed by atoms with E-state index in [4.69, 9.17) is 0 Å². The van der Waals surface area contributed by atoms with Crippen molar-refractivity contribution in [2.75, 3.05) is 0 Å². The number of aromatic nitrogens is 4. The maximum atomic E-state index is 12.1. The highest BCUT2D eigenvalue weighted by molar-refractivity contribution is 5.95. The number of nitro benzene ring substituents is 1. The van der Waals surface area contributed by atoms with Crippen LogP contribution in [0.3, 0.4) is 0 Å². The molecule has 0 amide bonds. The molecule has 0 bridgehead atoms. The summed E-state index contributed by atoms with van der Waals surface area (Å²) in [6.45, 7) is 1.60. The van der Waals surface area contributed by atoms with Gasteiger partial charge in [0.1, 0.15) is 5.82 Å². The molecule has 0 saturated carbocycles. The molecule has 5 rings (SSSR count). The van der Waals surface area contributed by atoms with Crippen molar-refractivity contribution in [2.45, 2.75) is 12.8 Å². The van der Waals surface area contributed by atoms with Crippen molar-refractivity contribution < 1.29 is 4.92 Å². The molecule has 5 aromatic rings. The van der Waals surface area contributed by atoms with Crippen LogP contribution in [-0.4, -0.2) is 24.9 Å². The molecule has 0 aliphatic heterocycles. The first-order valence-corrected chi connectivity index (χ1v) is 10.5. The first-order chi connectivity index (χ1) is 16.4. The standard InChI is InChI=1S/C25H19N5O4/c1-14-19(30(33)34)12-17-22(29-25(32)24(31)28-17)20(14)18-13-26-23(27-18)21(15-8-4-2-5-9-15)16-10-6-3-7-11-16/h2-13,21H,1H3,(H,26,27)(H,28,31)(H,29,32). The van der Waals surface area contributed by atoms with Gasteiger partial charge in [0.25, 0.3) is 5.69 Å². The van der Waals surface area contributed by atoms with Crippen LogP contribution in [-0.2, 0) is 0 Å². The quantitative estimate of drug-likeness (QED) is 0.210. The normalized spacial score (nSPS) is 11.2. The van der Waals surface area contributed by atoms with Gasteiger partial charge in [0.15, 0.2) is 0 Å². The maximum Gasteiger partial charge on any atom is 0.314 e. The fraction of sp³-hybridized carbons (Fsp3) is 0.0800. The van der Waals surface area contributed by atoms with E-state index in [0.29, 0.717) is 28.2 Å². The van der Waals surface area contributed by atoms with Crippen molar-refractivity contribution >= 4 is 16.7 Å². The van der Waals surface area contributed by atoms with Gasteiger partial charge in [-0.3, -0.25) is 19.7 Å². The van der Waals surface area contributed by atoms with Crippen LogP contribution >= 0.6 is 0 Å². The monoisotopic (exact) mass is 453 g/mol. The van der Waals surface area contributed by atoms with Crippen LogP contribution < -0.4 is 11.1 Å². The molecular weight excluding hydrogens is 434 g/mol. The molecule has 9 heteroatoms. The number of nitrogens with one attached hydrogen (secondary N) is 3. The summed E-state index contributed by atoms with van der Waals surface area (Å²) in [5.41, 5.74) is 1.83. The first kappa shape index (κ1) is 21.1. The molecule has 2 heterocycles. The smallest absolute Gasteiger partial charge is 0.314 e. The summed E-state index contributed by atoms with van der Waals surface area (Å²) in [4.78, 5) is 48.0. The molecule has 2 aromatic heterocycles. The Bertz CT molecular complexity index is 1600. The van der Waals surface area contributed by atoms with Gasteiger partial charge in [0.05, 0.1) is 33.8 Å². The van der Waals surface area contributed by atoms with Crippen LogP contribution in [0.5, 0.6) is 0 Å². The lowest BCUT2D eigenvalue weighted by atomic mass is 9.91. The lowest BCUT2D eigenvalue weighted by Crippen LogP contribution is -2.29. The minimum atomic E-state index is -0.880. The summed E-state index contributed by atoms with van der Waals surface area (Å²) >= 11 is 0. The van der Waals surface area contributed by atoms with E-state index >= 15 is 0 Å². The number of nitrogens with zero attached hydrogens (tertiary/aromatic N) is 2. The van der Waals surface area contributed by atoms with Gasteiger partial charge in [0.2, 0.25) is 0 Å². The minimum Gasteiger partial charge on any atom is -0.341 e. The van der Waals surface area contributed by atoms with Gasteiger partial charge in [-0.25, -0.2) is 4.98 Å². The fourth-order valence-corrected chi connectivity index (χ4v) is 4.28. The topological polar surface area (TPSA) is 138 Å². The Kier molecular flexibility index (Phi) is 5.14. The second kappa shape index (κ2) is 8.28. The predicted octanol–water partition coefficient (Wildman–Crippen LogP) is 4.00. The van der Waals surface area contributed by atoms with Crippen molar-refractivity contribution in [1.29, 1.82) is 0 Å². The molecule has 0 unspecified atom stereocenters. The van der Waals surface area contributed by atoms with Crippen molar-refractivity contribution in [3.05, 3.63) is 126 Å². The molecule has 0 radical (unpaired) electrons. The highest BCUT2D eigenvalue weighted by Crippen LogP contribution is 2.36. The number of imidazole rings is 1. The van der Waals surface area contributed by atoms with E-state index in [2.05, 4.69) is 19.9 Å². The molecule has 168 valence electrons. The van der Waals surface area contributed by atoms with Crippen molar-refractivity contribution in [3.8, 4) is 11.3 Å². The first-order valence-electron chi connectivity index (χ1n) is 10.5. The summed E-state index contributed by atoms with van der Waals surface area (Å²) < 4.78 is 0. The third-order valence-electron chi connectivity index (χ3n) is 5.85. The zero-order valence-electron chi connectivity index (χ0n) is 18.0. The van der Waals surface area contributed by atoms with Gasteiger partial charge < -0.3 is 15.0 Å². The Morgan fingerprint density at radius 2 is 1.47 bits per heavy atom. The lowest BCUT2D eigenvalue weighted by molar-refractivity contribution is -0.385. The third-order valence-corrected chi connectivity index (χ3v) is 5.85. The Morgan fingerprint density at radius 3 is 2.06 bits per heavy atom. The Balaban J connectivity index is 1.75. The number of aromatic amines is 3. The Labute approximate surface area is 192 Å². The highest BCUT2D eigenvalue weighted by Gasteiger charge is 2.24. The molecule has 0 aliphatic rings. The molecular formula is C25H19N5O4. The number of nitro groups is 1. The van der Waals surface area contributed by atoms with Crippen molar-refractivity contribution in [2.24, 2.45) is 0 Å². The third kappa shape index (κ3) is 3.58. The summed E-state index contributed by atoms with van der Waals surface area (Å²) in [7, 11) is 0. The van der Waals surface area contributed by atoms with E-state index in [-0.39, 0.29) is 17.1 Å². The fourth-order valence-electron chi connectivity index (χ4n) is 4.28. The number of hydrogen-bond donors (Lipinski definition) is 3. The van der Waals surface area contributed by atoms with Crippen LogP contribution in [0.4, 0.5) is 5.69 Å².